The fourth-order valence-electron chi connectivity index (χ4n) is 2.42. The Hall–Kier alpha value is -0.960. The third kappa shape index (κ3) is 2.83. The average molecular weight is 257 g/mol. The van der Waals surface area contributed by atoms with Gasteiger partial charge in [-0.25, -0.2) is 4.39 Å². The molecule has 2 rings (SSSR count). The highest BCUT2D eigenvalue weighted by molar-refractivity contribution is 6.31. The lowest BCUT2D eigenvalue weighted by Crippen LogP contribution is -2.30. The number of benzene rings is 1. The lowest BCUT2D eigenvalue weighted by Gasteiger charge is -2.30. The first-order valence-corrected chi connectivity index (χ1v) is 6.47. The van der Waals surface area contributed by atoms with Crippen LogP contribution in [0.15, 0.2) is 12.1 Å². The maximum atomic E-state index is 13.2. The summed E-state index contributed by atoms with van der Waals surface area (Å²) in [7, 11) is 0. The van der Waals surface area contributed by atoms with E-state index in [-0.39, 0.29) is 5.02 Å². The molecule has 1 fully saturated rings. The molecular weight excluding hydrogens is 239 g/mol. The molecule has 1 aliphatic carbocycles. The molecule has 1 aromatic rings. The van der Waals surface area contributed by atoms with Crippen LogP contribution < -0.4 is 11.1 Å². The minimum Gasteiger partial charge on any atom is -0.397 e. The van der Waals surface area contributed by atoms with E-state index in [1.807, 2.05) is 0 Å². The fourth-order valence-corrected chi connectivity index (χ4v) is 2.58. The van der Waals surface area contributed by atoms with Gasteiger partial charge in [-0.05, 0) is 24.8 Å². The maximum Gasteiger partial charge on any atom is 0.143 e. The van der Waals surface area contributed by atoms with Gasteiger partial charge in [-0.15, -0.1) is 0 Å². The van der Waals surface area contributed by atoms with Crippen LogP contribution in [0.5, 0.6) is 0 Å². The molecule has 0 radical (unpaired) electrons. The molecule has 1 aliphatic rings. The summed E-state index contributed by atoms with van der Waals surface area (Å²) >= 11 is 5.77. The van der Waals surface area contributed by atoms with Gasteiger partial charge in [0.25, 0.3) is 0 Å². The number of hydrogen-bond donors (Lipinski definition) is 2. The Morgan fingerprint density at radius 1 is 1.35 bits per heavy atom. The van der Waals surface area contributed by atoms with E-state index in [0.29, 0.717) is 17.6 Å². The van der Waals surface area contributed by atoms with Gasteiger partial charge >= 0.3 is 0 Å². The second-order valence-electron chi connectivity index (χ2n) is 4.87. The highest BCUT2D eigenvalue weighted by Gasteiger charge is 2.21. The third-order valence-corrected chi connectivity index (χ3v) is 3.83. The lowest BCUT2D eigenvalue weighted by molar-refractivity contribution is 0.349. The lowest BCUT2D eigenvalue weighted by atomic mass is 9.86. The van der Waals surface area contributed by atoms with Crippen molar-refractivity contribution in [1.29, 1.82) is 0 Å². The minimum absolute atomic E-state index is 0.116. The number of halogens is 2. The quantitative estimate of drug-likeness (QED) is 0.784. The zero-order chi connectivity index (χ0) is 12.4. The van der Waals surface area contributed by atoms with Gasteiger partial charge in [-0.3, -0.25) is 0 Å². The Balaban J connectivity index is 2.15. The number of rotatable bonds is 2. The molecule has 0 bridgehead atoms. The van der Waals surface area contributed by atoms with E-state index in [1.54, 1.807) is 6.07 Å². The Kier molecular flexibility index (Phi) is 3.77. The monoisotopic (exact) mass is 256 g/mol. The fraction of sp³-hybridized carbons (Fsp3) is 0.538. The molecule has 1 aromatic carbocycles. The van der Waals surface area contributed by atoms with E-state index in [0.717, 1.165) is 12.1 Å². The van der Waals surface area contributed by atoms with Gasteiger partial charge in [0.2, 0.25) is 0 Å². The summed E-state index contributed by atoms with van der Waals surface area (Å²) in [5, 5.41) is 3.51. The van der Waals surface area contributed by atoms with Crippen LogP contribution in [0, 0.1) is 11.7 Å². The van der Waals surface area contributed by atoms with E-state index >= 15 is 0 Å². The predicted molar refractivity (Wildman–Crippen MR) is 70.9 cm³/mol. The SMILES string of the molecule is CC1CCCCC1Nc1cc(Cl)c(F)cc1N. The first-order valence-electron chi connectivity index (χ1n) is 6.09. The molecule has 0 saturated heterocycles. The molecule has 2 atom stereocenters. The summed E-state index contributed by atoms with van der Waals surface area (Å²) in [6.07, 6.45) is 4.89. The molecule has 1 saturated carbocycles. The van der Waals surface area contributed by atoms with E-state index < -0.39 is 5.82 Å². The second kappa shape index (κ2) is 5.13. The number of nitrogens with two attached hydrogens (primary N) is 1. The van der Waals surface area contributed by atoms with Crippen molar-refractivity contribution in [3.8, 4) is 0 Å². The van der Waals surface area contributed by atoms with E-state index in [4.69, 9.17) is 17.3 Å². The number of hydrogen-bond acceptors (Lipinski definition) is 2. The van der Waals surface area contributed by atoms with Crippen molar-refractivity contribution >= 4 is 23.0 Å². The van der Waals surface area contributed by atoms with Crippen LogP contribution in [0.4, 0.5) is 15.8 Å². The Morgan fingerprint density at radius 3 is 2.76 bits per heavy atom. The van der Waals surface area contributed by atoms with E-state index in [2.05, 4.69) is 12.2 Å². The van der Waals surface area contributed by atoms with Crippen LogP contribution in [0.25, 0.3) is 0 Å². The molecule has 0 spiro atoms. The molecule has 2 unspecified atom stereocenters. The Labute approximate surface area is 106 Å². The molecule has 4 heteroatoms. The minimum atomic E-state index is -0.466. The van der Waals surface area contributed by atoms with Crippen LogP contribution in [0.1, 0.15) is 32.6 Å². The van der Waals surface area contributed by atoms with Crippen LogP contribution >= 0.6 is 11.6 Å². The maximum absolute atomic E-state index is 13.2. The van der Waals surface area contributed by atoms with Crippen molar-refractivity contribution in [3.63, 3.8) is 0 Å². The average Bonchev–Trinajstić information content (AvgIpc) is 2.29. The summed E-state index contributed by atoms with van der Waals surface area (Å²) in [5.74, 6) is 0.151. The Morgan fingerprint density at radius 2 is 2.06 bits per heavy atom. The van der Waals surface area contributed by atoms with Crippen LogP contribution in [-0.4, -0.2) is 6.04 Å². The molecule has 0 aliphatic heterocycles. The molecule has 3 N–H and O–H groups in total. The largest absolute Gasteiger partial charge is 0.397 e. The summed E-state index contributed by atoms with van der Waals surface area (Å²) in [6.45, 7) is 2.23. The summed E-state index contributed by atoms with van der Waals surface area (Å²) in [5.41, 5.74) is 6.96. The summed E-state index contributed by atoms with van der Waals surface area (Å²) in [4.78, 5) is 0. The zero-order valence-corrected chi connectivity index (χ0v) is 10.7. The van der Waals surface area contributed by atoms with Gasteiger partial charge < -0.3 is 11.1 Å². The number of nitrogens with one attached hydrogen (secondary N) is 1. The highest BCUT2D eigenvalue weighted by atomic mass is 35.5. The highest BCUT2D eigenvalue weighted by Crippen LogP contribution is 2.31. The summed E-state index contributed by atoms with van der Waals surface area (Å²) in [6, 6.07) is 3.26. The second-order valence-corrected chi connectivity index (χ2v) is 5.27. The van der Waals surface area contributed by atoms with Crippen LogP contribution in [0.3, 0.4) is 0 Å². The standard InChI is InChI=1S/C13H18ClFN2/c1-8-4-2-3-5-12(8)17-13-6-9(14)10(15)7-11(13)16/h6-8,12,17H,2-5,16H2,1H3. The van der Waals surface area contributed by atoms with E-state index in [9.17, 15) is 4.39 Å². The van der Waals surface area contributed by atoms with Gasteiger partial charge in [0, 0.05) is 12.1 Å². The van der Waals surface area contributed by atoms with Crippen LogP contribution in [0.2, 0.25) is 5.02 Å². The first-order chi connectivity index (χ1) is 8.08. The number of nitrogen functional groups attached to an aromatic ring is 1. The molecule has 17 heavy (non-hydrogen) atoms. The normalized spacial score (nSPS) is 24.6. The predicted octanol–water partition coefficient (Wildman–Crippen LogP) is 4.05. The molecule has 2 nitrogen and oxygen atoms in total. The van der Waals surface area contributed by atoms with Crippen molar-refractivity contribution in [2.75, 3.05) is 11.1 Å². The van der Waals surface area contributed by atoms with Gasteiger partial charge in [0.15, 0.2) is 0 Å². The zero-order valence-electron chi connectivity index (χ0n) is 9.97. The van der Waals surface area contributed by atoms with Crippen molar-refractivity contribution in [2.24, 2.45) is 5.92 Å². The topological polar surface area (TPSA) is 38.0 Å². The first kappa shape index (κ1) is 12.5. The molecular formula is C13H18ClFN2. The van der Waals surface area contributed by atoms with Crippen molar-refractivity contribution in [3.05, 3.63) is 23.0 Å². The third-order valence-electron chi connectivity index (χ3n) is 3.54. The van der Waals surface area contributed by atoms with Gasteiger partial charge in [-0.2, -0.15) is 0 Å². The molecule has 94 valence electrons. The smallest absolute Gasteiger partial charge is 0.143 e. The molecule has 0 heterocycles. The van der Waals surface area contributed by atoms with Gasteiger partial charge in [0.1, 0.15) is 5.82 Å². The van der Waals surface area contributed by atoms with Gasteiger partial charge in [-0.1, -0.05) is 31.4 Å². The molecule has 0 aromatic heterocycles. The van der Waals surface area contributed by atoms with E-state index in [1.165, 1.54) is 25.3 Å². The summed E-state index contributed by atoms with van der Waals surface area (Å²) < 4.78 is 13.2. The number of anilines is 2. The van der Waals surface area contributed by atoms with Gasteiger partial charge in [0.05, 0.1) is 16.4 Å². The Bertz CT molecular complexity index is 409. The van der Waals surface area contributed by atoms with Crippen molar-refractivity contribution < 1.29 is 4.39 Å². The molecule has 0 amide bonds. The van der Waals surface area contributed by atoms with Crippen LogP contribution in [-0.2, 0) is 0 Å². The van der Waals surface area contributed by atoms with Crippen molar-refractivity contribution in [2.45, 2.75) is 38.6 Å². The van der Waals surface area contributed by atoms with Crippen molar-refractivity contribution in [1.82, 2.24) is 0 Å².